The Kier molecular flexibility index (Phi) is 4.93. The smallest absolute Gasteiger partial charge is 0.263 e. The van der Waals surface area contributed by atoms with E-state index in [2.05, 4.69) is 15.1 Å². The van der Waals surface area contributed by atoms with Crippen molar-refractivity contribution < 1.29 is 13.9 Å². The van der Waals surface area contributed by atoms with Gasteiger partial charge in [-0.05, 0) is 44.0 Å². The molecule has 1 aliphatic heterocycles. The third-order valence-electron chi connectivity index (χ3n) is 5.08. The number of carbonyl (C=O) groups excluding carboxylic acids is 1. The summed E-state index contributed by atoms with van der Waals surface area (Å²) in [5, 5.41) is 4.61. The number of hydrogen-bond donors (Lipinski definition) is 0. The van der Waals surface area contributed by atoms with Crippen molar-refractivity contribution in [2.75, 3.05) is 13.1 Å². The fraction of sp³-hybridized carbons (Fsp3) is 0.400. The summed E-state index contributed by atoms with van der Waals surface area (Å²) in [6, 6.07) is 5.68. The van der Waals surface area contributed by atoms with Gasteiger partial charge in [0.1, 0.15) is 17.1 Å². The zero-order chi connectivity index (χ0) is 19.7. The van der Waals surface area contributed by atoms with Crippen LogP contribution in [-0.2, 0) is 11.8 Å². The molecular formula is C20H22FN5O2. The minimum atomic E-state index is -0.649. The molecule has 1 fully saturated rings. The number of rotatable bonds is 4. The SMILES string of the molecule is C[C@@H](Oc1ccc(F)cc1)C(=O)N1CCC[C@H](c2nn(C)c3nccnc23)C1. The maximum absolute atomic E-state index is 13.0. The third-order valence-corrected chi connectivity index (χ3v) is 5.08. The van der Waals surface area contributed by atoms with Crippen LogP contribution in [-0.4, -0.2) is 49.7 Å². The van der Waals surface area contributed by atoms with Gasteiger partial charge < -0.3 is 9.64 Å². The van der Waals surface area contributed by atoms with Crippen LogP contribution in [0, 0.1) is 5.82 Å². The number of hydrogen-bond acceptors (Lipinski definition) is 5. The Hall–Kier alpha value is -3.03. The second kappa shape index (κ2) is 7.53. The second-order valence-corrected chi connectivity index (χ2v) is 7.07. The van der Waals surface area contributed by atoms with E-state index in [0.29, 0.717) is 18.8 Å². The standard InChI is InChI=1S/C20H22FN5O2/c1-13(28-16-7-5-15(21)6-8-16)20(27)26-11-3-4-14(12-26)17-18-19(25(2)24-17)23-10-9-22-18/h5-10,13-14H,3-4,11-12H2,1-2H3/t13-,14+/m1/s1. The first kappa shape index (κ1) is 18.3. The van der Waals surface area contributed by atoms with Crippen molar-refractivity contribution in [1.82, 2.24) is 24.6 Å². The molecule has 146 valence electrons. The van der Waals surface area contributed by atoms with Crippen LogP contribution in [0.2, 0.25) is 0 Å². The van der Waals surface area contributed by atoms with Crippen molar-refractivity contribution >= 4 is 17.1 Å². The molecule has 7 nitrogen and oxygen atoms in total. The molecule has 0 unspecified atom stereocenters. The summed E-state index contributed by atoms with van der Waals surface area (Å²) < 4.78 is 20.5. The zero-order valence-electron chi connectivity index (χ0n) is 15.9. The predicted octanol–water partition coefficient (Wildman–Crippen LogP) is 2.68. The molecule has 1 aliphatic rings. The minimum Gasteiger partial charge on any atom is -0.481 e. The average Bonchev–Trinajstić information content (AvgIpc) is 3.06. The van der Waals surface area contributed by atoms with E-state index in [9.17, 15) is 9.18 Å². The van der Waals surface area contributed by atoms with Crippen molar-refractivity contribution in [3.8, 4) is 5.75 Å². The Balaban J connectivity index is 1.48. The number of nitrogens with zero attached hydrogens (tertiary/aromatic N) is 5. The van der Waals surface area contributed by atoms with E-state index in [1.807, 2.05) is 11.9 Å². The number of amides is 1. The monoisotopic (exact) mass is 383 g/mol. The molecule has 0 spiro atoms. The lowest BCUT2D eigenvalue weighted by Gasteiger charge is -2.33. The van der Waals surface area contributed by atoms with Crippen LogP contribution >= 0.6 is 0 Å². The minimum absolute atomic E-state index is 0.0830. The highest BCUT2D eigenvalue weighted by Crippen LogP contribution is 2.30. The molecule has 8 heteroatoms. The van der Waals surface area contributed by atoms with Crippen LogP contribution in [0.25, 0.3) is 11.2 Å². The maximum Gasteiger partial charge on any atom is 0.263 e. The molecule has 0 N–H and O–H groups in total. The van der Waals surface area contributed by atoms with Crippen LogP contribution < -0.4 is 4.74 Å². The summed E-state index contributed by atoms with van der Waals surface area (Å²) >= 11 is 0. The van der Waals surface area contributed by atoms with Crippen LogP contribution in [0.3, 0.4) is 0 Å². The number of halogens is 1. The van der Waals surface area contributed by atoms with Gasteiger partial charge in [-0.25, -0.2) is 19.0 Å². The maximum atomic E-state index is 13.0. The number of likely N-dealkylation sites (tertiary alicyclic amines) is 1. The van der Waals surface area contributed by atoms with Gasteiger partial charge in [-0.1, -0.05) is 0 Å². The summed E-state index contributed by atoms with van der Waals surface area (Å²) in [4.78, 5) is 23.5. The number of aryl methyl sites for hydroxylation is 1. The van der Waals surface area contributed by atoms with Crippen molar-refractivity contribution in [2.24, 2.45) is 7.05 Å². The second-order valence-electron chi connectivity index (χ2n) is 7.07. The van der Waals surface area contributed by atoms with Gasteiger partial charge in [0.15, 0.2) is 11.8 Å². The number of aromatic nitrogens is 4. The Bertz CT molecular complexity index is 988. The number of piperidine rings is 1. The summed E-state index contributed by atoms with van der Waals surface area (Å²) in [5.74, 6) is 0.161. The molecule has 1 amide bonds. The zero-order valence-corrected chi connectivity index (χ0v) is 15.9. The third kappa shape index (κ3) is 3.54. The van der Waals surface area contributed by atoms with Crippen LogP contribution in [0.15, 0.2) is 36.7 Å². The number of carbonyl (C=O) groups is 1. The average molecular weight is 383 g/mol. The lowest BCUT2D eigenvalue weighted by atomic mass is 9.94. The molecule has 2 aromatic heterocycles. The predicted molar refractivity (Wildman–Crippen MR) is 101 cm³/mol. The Labute approximate surface area is 162 Å². The van der Waals surface area contributed by atoms with Crippen molar-refractivity contribution in [2.45, 2.75) is 31.8 Å². The Morgan fingerprint density at radius 2 is 2.00 bits per heavy atom. The van der Waals surface area contributed by atoms with Crippen LogP contribution in [0.1, 0.15) is 31.4 Å². The molecule has 0 aliphatic carbocycles. The van der Waals surface area contributed by atoms with Gasteiger partial charge in [-0.3, -0.25) is 4.79 Å². The van der Waals surface area contributed by atoms with Gasteiger partial charge in [0.2, 0.25) is 0 Å². The Morgan fingerprint density at radius 1 is 1.25 bits per heavy atom. The summed E-state index contributed by atoms with van der Waals surface area (Å²) in [5.41, 5.74) is 2.42. The highest BCUT2D eigenvalue weighted by atomic mass is 19.1. The van der Waals surface area contributed by atoms with Crippen molar-refractivity contribution in [3.05, 3.63) is 48.2 Å². The van der Waals surface area contributed by atoms with Gasteiger partial charge >= 0.3 is 0 Å². The normalized spacial score (nSPS) is 18.2. The van der Waals surface area contributed by atoms with E-state index in [-0.39, 0.29) is 17.6 Å². The highest BCUT2D eigenvalue weighted by molar-refractivity contribution is 5.81. The number of ether oxygens (including phenoxy) is 1. The molecule has 4 rings (SSSR count). The van der Waals surface area contributed by atoms with Crippen molar-refractivity contribution in [3.63, 3.8) is 0 Å². The topological polar surface area (TPSA) is 73.1 Å². The highest BCUT2D eigenvalue weighted by Gasteiger charge is 2.31. The molecule has 3 aromatic rings. The van der Waals surface area contributed by atoms with E-state index in [0.717, 1.165) is 29.7 Å². The van der Waals surface area contributed by atoms with E-state index in [1.54, 1.807) is 24.0 Å². The van der Waals surface area contributed by atoms with Gasteiger partial charge in [-0.15, -0.1) is 0 Å². The fourth-order valence-electron chi connectivity index (χ4n) is 3.70. The van der Waals surface area contributed by atoms with Gasteiger partial charge in [-0.2, -0.15) is 5.10 Å². The summed E-state index contributed by atoms with van der Waals surface area (Å²) in [6.07, 6.45) is 4.50. The van der Waals surface area contributed by atoms with E-state index in [1.165, 1.54) is 24.3 Å². The molecular weight excluding hydrogens is 361 g/mol. The number of benzene rings is 1. The Morgan fingerprint density at radius 3 is 2.79 bits per heavy atom. The molecule has 1 aromatic carbocycles. The molecule has 2 atom stereocenters. The largest absolute Gasteiger partial charge is 0.481 e. The molecule has 3 heterocycles. The number of fused-ring (bicyclic) bond motifs is 1. The molecule has 1 saturated heterocycles. The lowest BCUT2D eigenvalue weighted by molar-refractivity contribution is -0.139. The van der Waals surface area contributed by atoms with Crippen LogP contribution in [0.4, 0.5) is 4.39 Å². The summed E-state index contributed by atoms with van der Waals surface area (Å²) in [7, 11) is 1.85. The first-order valence-electron chi connectivity index (χ1n) is 9.37. The lowest BCUT2D eigenvalue weighted by Crippen LogP contribution is -2.45. The summed E-state index contributed by atoms with van der Waals surface area (Å²) in [6.45, 7) is 2.97. The van der Waals surface area contributed by atoms with Gasteiger partial charge in [0.25, 0.3) is 5.91 Å². The first-order valence-corrected chi connectivity index (χ1v) is 9.37. The fourth-order valence-corrected chi connectivity index (χ4v) is 3.70. The molecule has 28 heavy (non-hydrogen) atoms. The molecule has 0 radical (unpaired) electrons. The van der Waals surface area contributed by atoms with Gasteiger partial charge in [0.05, 0.1) is 5.69 Å². The van der Waals surface area contributed by atoms with E-state index in [4.69, 9.17) is 4.74 Å². The van der Waals surface area contributed by atoms with E-state index < -0.39 is 6.10 Å². The molecule has 0 bridgehead atoms. The van der Waals surface area contributed by atoms with Crippen molar-refractivity contribution in [1.29, 1.82) is 0 Å². The van der Waals surface area contributed by atoms with E-state index >= 15 is 0 Å². The van der Waals surface area contributed by atoms with Gasteiger partial charge in [0, 0.05) is 38.4 Å². The molecule has 0 saturated carbocycles. The first-order chi connectivity index (χ1) is 13.5. The van der Waals surface area contributed by atoms with Crippen LogP contribution in [0.5, 0.6) is 5.75 Å². The quantitative estimate of drug-likeness (QED) is 0.693.